The van der Waals surface area contributed by atoms with Crippen LogP contribution in [0.3, 0.4) is 0 Å². The highest BCUT2D eigenvalue weighted by molar-refractivity contribution is 6.88. The average Bonchev–Trinajstić information content (AvgIpc) is 1.66. The van der Waals surface area contributed by atoms with Crippen LogP contribution >= 0.6 is 0 Å². The van der Waals surface area contributed by atoms with Crippen LogP contribution in [-0.4, -0.2) is 8.07 Å². The van der Waals surface area contributed by atoms with Crippen LogP contribution in [0, 0.1) is 0 Å². The number of hydrogen-bond donors (Lipinski definition) is 0. The first-order valence-electron chi connectivity index (χ1n) is 58.7. The van der Waals surface area contributed by atoms with Crippen molar-refractivity contribution < 1.29 is 58.8 Å². The summed E-state index contributed by atoms with van der Waals surface area (Å²) in [5, 5.41) is 12.0. The smallest absolute Gasteiger partial charge is 0.147 e. The summed E-state index contributed by atoms with van der Waals surface area (Å²) in [5.41, 5.74) is 12.0. The maximum atomic E-state index is 9.56. The number of furan rings is 4. The van der Waals surface area contributed by atoms with Gasteiger partial charge in [0, 0.05) is 65.2 Å². The molecule has 0 aliphatic heterocycles. The van der Waals surface area contributed by atoms with Crippen LogP contribution in [0.25, 0.3) is 263 Å². The second-order valence-corrected chi connectivity index (χ2v) is 40.2. The van der Waals surface area contributed by atoms with E-state index in [0.29, 0.717) is 70.8 Å². The van der Waals surface area contributed by atoms with Crippen LogP contribution in [-0.2, 0) is 5.41 Å². The monoisotopic (exact) mass is 1740 g/mol. The second-order valence-electron chi connectivity index (χ2n) is 35.1. The van der Waals surface area contributed by atoms with Crippen molar-refractivity contribution in [3.8, 4) is 89.0 Å². The molecule has 5 heteroatoms. The van der Waals surface area contributed by atoms with Crippen molar-refractivity contribution >= 4 is 187 Å². The summed E-state index contributed by atoms with van der Waals surface area (Å²) in [7, 11) is -1.77. The van der Waals surface area contributed by atoms with Crippen LogP contribution < -0.4 is 5.19 Å². The molecular formula is C128H86O4Si. The van der Waals surface area contributed by atoms with E-state index in [0.717, 1.165) is 76.7 Å². The lowest BCUT2D eigenvalue weighted by atomic mass is 9.82. The molecular weight excluding hydrogens is 1630 g/mol. The molecule has 1 aliphatic rings. The third-order valence-corrected chi connectivity index (χ3v) is 28.5. The maximum Gasteiger partial charge on any atom is 0.147 e. The van der Waals surface area contributed by atoms with E-state index in [2.05, 4.69) is 94.2 Å². The number of benzene rings is 23. The van der Waals surface area contributed by atoms with Crippen molar-refractivity contribution in [1.82, 2.24) is 0 Å². The molecule has 0 saturated heterocycles. The minimum atomic E-state index is -1.77. The Morgan fingerprint density at radius 3 is 1.24 bits per heavy atom. The topological polar surface area (TPSA) is 52.6 Å². The zero-order chi connectivity index (χ0) is 115. The molecule has 0 atom stereocenters. The summed E-state index contributed by atoms with van der Waals surface area (Å²) in [6.07, 6.45) is 0. The standard InChI is InChI=1S/C46H28O.C44H36OSi.C38H22O2/c1-2-13-30(14-3-1)34-25-26-40(45-41-27-31-16-4-5-17-32(31)28-42(41)47-46(34)45)44-38-22-10-8-20-36(38)43(37-21-9-11-23-39(37)44)35-24-12-18-29-15-6-7-19-33(29)35;1-44(2)36-20-12-11-18-32(36)42-37(44)25-24-34-41-33(19-13-21-38(41)45-43(34)42)40-30-17-10-9-16-29(30)39(27-14-7-6-8-15-27)35-26-28(46(3,4)5)22-23-31(35)40;1-2-12-23(13-3-1)34-26-16-4-6-18-28(26)35(29-19-7-5-17-27(29)34)36-37-30(24-14-8-10-20-32(24)39-37)22-31-25-15-9-11-21-33(25)40-38(31)36/h1-28H;6-26H,1-5H3;1-22H/i1D,2D,3D,8D,9D,10D,11D,13D,14D,20D,21D,22D,23D;9D,10D,16D,17D;1D,2D,3D,4D,5D,6D,7D,12D,13D,16D,17D,18D,19D. The van der Waals surface area contributed by atoms with Gasteiger partial charge in [-0.25, -0.2) is 0 Å². The van der Waals surface area contributed by atoms with Gasteiger partial charge in [-0.2, -0.15) is 0 Å². The highest BCUT2D eigenvalue weighted by Gasteiger charge is 2.39. The van der Waals surface area contributed by atoms with Gasteiger partial charge in [-0.3, -0.25) is 0 Å². The highest BCUT2D eigenvalue weighted by Crippen LogP contribution is 2.57. The van der Waals surface area contributed by atoms with E-state index in [1.54, 1.807) is 42.5 Å². The van der Waals surface area contributed by atoms with Crippen molar-refractivity contribution in [2.45, 2.75) is 38.9 Å². The van der Waals surface area contributed by atoms with Crippen LogP contribution in [0.1, 0.15) is 66.1 Å². The van der Waals surface area contributed by atoms with Crippen molar-refractivity contribution in [3.63, 3.8) is 0 Å². The number of hydrogen-bond acceptors (Lipinski definition) is 4. The first-order valence-corrected chi connectivity index (χ1v) is 47.2. The fraction of sp³-hybridized carbons (Fsp3) is 0.0469. The van der Waals surface area contributed by atoms with E-state index < -0.39 is 171 Å². The molecule has 0 N–H and O–H groups in total. The van der Waals surface area contributed by atoms with E-state index in [1.165, 1.54) is 27.9 Å². The molecule has 0 unspecified atom stereocenters. The van der Waals surface area contributed by atoms with Crippen molar-refractivity contribution in [2.24, 2.45) is 0 Å². The Balaban J connectivity index is 0.000000121. The molecule has 0 bridgehead atoms. The Kier molecular flexibility index (Phi) is 12.1. The molecule has 27 aromatic rings. The molecule has 4 aromatic heterocycles. The van der Waals surface area contributed by atoms with E-state index >= 15 is 0 Å². The normalized spacial score (nSPS) is 15.8. The zero-order valence-electron chi connectivity index (χ0n) is 102. The van der Waals surface area contributed by atoms with Crippen LogP contribution in [0.4, 0.5) is 0 Å². The largest absolute Gasteiger partial charge is 0.455 e. The van der Waals surface area contributed by atoms with E-state index in [9.17, 15) is 13.7 Å². The van der Waals surface area contributed by atoms with Gasteiger partial charge >= 0.3 is 0 Å². The molecule has 0 saturated carbocycles. The van der Waals surface area contributed by atoms with Crippen molar-refractivity contribution in [2.75, 3.05) is 0 Å². The fourth-order valence-electron chi connectivity index (χ4n) is 20.6. The van der Waals surface area contributed by atoms with Gasteiger partial charge in [0.1, 0.15) is 44.7 Å². The van der Waals surface area contributed by atoms with Gasteiger partial charge in [0.25, 0.3) is 0 Å². The van der Waals surface area contributed by atoms with Crippen LogP contribution in [0.15, 0.2) is 448 Å². The molecule has 4 heterocycles. The first kappa shape index (κ1) is 52.9. The van der Waals surface area contributed by atoms with Gasteiger partial charge < -0.3 is 17.7 Å². The predicted molar refractivity (Wildman–Crippen MR) is 567 cm³/mol. The summed E-state index contributed by atoms with van der Waals surface area (Å²) < 4.78 is 295. The Bertz CT molecular complexity index is 11200. The molecule has 0 radical (unpaired) electrons. The molecule has 626 valence electrons. The van der Waals surface area contributed by atoms with Crippen molar-refractivity contribution in [3.05, 3.63) is 441 Å². The van der Waals surface area contributed by atoms with Gasteiger partial charge in [-0.05, 0) is 207 Å². The van der Waals surface area contributed by atoms with Crippen LogP contribution in [0.2, 0.25) is 19.6 Å². The SMILES string of the molecule is [2H]c1c([2H])c([2H])c(-c2c3c([2H])c([2H])c([2H])c([2H])c3c(-c3c4oc5ccccc5c4cc4c3oc3ccccc34)c3c([2H])c([2H])c([2H])c([2H])c23)c([2H])c1[2H].[2H]c1c([2H])c([2H])c(-c2ccc(-c3c4c([2H])c([2H])c([2H])c([2H])c4c(-c4cccc5ccccc45)c4c([2H])c([2H])c([2H])c([2H])c34)c3c2oc2cc4ccccc4cc23)c([2H])c1[2H].[2H]c1c([2H])c([2H])c2c(-c3cccc4oc5c6c(ccc5c34)C(C)(C)c3ccccc3-6)c3ccc([Si](C)(C)C)cc3c(-c3ccccc3)c2c1[2H]. The molecule has 0 amide bonds. The first-order chi connectivity index (χ1) is 77.9. The summed E-state index contributed by atoms with van der Waals surface area (Å²) in [6.45, 7) is 11.5. The molecule has 28 rings (SSSR count). The number of fused-ring (bicyclic) bond motifs is 24. The average molecular weight is 1750 g/mol. The van der Waals surface area contributed by atoms with Crippen LogP contribution in [0.5, 0.6) is 0 Å². The second kappa shape index (κ2) is 30.3. The van der Waals surface area contributed by atoms with Gasteiger partial charge in [0.2, 0.25) is 0 Å². The maximum absolute atomic E-state index is 9.56. The lowest BCUT2D eigenvalue weighted by molar-refractivity contribution is 0.653. The fourth-order valence-corrected chi connectivity index (χ4v) is 21.7. The molecule has 133 heavy (non-hydrogen) atoms. The van der Waals surface area contributed by atoms with E-state index in [-0.39, 0.29) is 134 Å². The third kappa shape index (κ3) is 12.1. The highest BCUT2D eigenvalue weighted by atomic mass is 28.3. The summed E-state index contributed by atoms with van der Waals surface area (Å²) in [5.74, 6) is 0. The molecule has 0 spiro atoms. The molecule has 23 aromatic carbocycles. The minimum absolute atomic E-state index is 0.00784. The Morgan fingerprint density at radius 1 is 0.211 bits per heavy atom. The van der Waals surface area contributed by atoms with Gasteiger partial charge in [-0.1, -0.05) is 426 Å². The molecule has 0 fully saturated rings. The Hall–Kier alpha value is -16.4. The number of para-hydroxylation sites is 2. The quantitative estimate of drug-likeness (QED) is 0.112. The Labute approximate surface area is 811 Å². The Morgan fingerprint density at radius 2 is 0.632 bits per heavy atom. The molecule has 4 nitrogen and oxygen atoms in total. The summed E-state index contributed by atoms with van der Waals surface area (Å²) >= 11 is 0. The molecule has 1 aliphatic carbocycles. The summed E-state index contributed by atoms with van der Waals surface area (Å²) in [6, 6.07) is 63.8. The lowest BCUT2D eigenvalue weighted by Gasteiger charge is -2.22. The van der Waals surface area contributed by atoms with E-state index in [1.807, 2.05) is 140 Å². The minimum Gasteiger partial charge on any atom is -0.455 e. The zero-order valence-corrected chi connectivity index (χ0v) is 72.8. The van der Waals surface area contributed by atoms with Gasteiger partial charge in [0.05, 0.1) is 54.8 Å². The lowest BCUT2D eigenvalue weighted by Crippen LogP contribution is -2.37. The third-order valence-electron chi connectivity index (χ3n) is 26.5. The van der Waals surface area contributed by atoms with Gasteiger partial charge in [-0.15, -0.1) is 0 Å². The van der Waals surface area contributed by atoms with Crippen molar-refractivity contribution in [1.29, 1.82) is 0 Å². The van der Waals surface area contributed by atoms with E-state index in [4.69, 9.17) is 45.1 Å². The number of rotatable bonds is 8. The van der Waals surface area contributed by atoms with Gasteiger partial charge in [0.15, 0.2) is 0 Å². The predicted octanol–water partition coefficient (Wildman–Crippen LogP) is 36.4. The summed E-state index contributed by atoms with van der Waals surface area (Å²) in [4.78, 5) is 0.